The Labute approximate surface area is 159 Å². The van der Waals surface area contributed by atoms with E-state index in [1.807, 2.05) is 30.4 Å². The number of aryl methyl sites for hydroxylation is 1. The number of nitrogens with zero attached hydrogens (tertiary/aromatic N) is 4. The lowest BCUT2D eigenvalue weighted by Crippen LogP contribution is -2.38. The molecule has 0 bridgehead atoms. The van der Waals surface area contributed by atoms with Crippen LogP contribution in [0, 0.1) is 0 Å². The number of fused-ring (bicyclic) bond motifs is 1. The van der Waals surface area contributed by atoms with E-state index >= 15 is 0 Å². The number of nitrogens with one attached hydrogen (secondary N) is 1. The first-order chi connectivity index (χ1) is 12.8. The Kier molecular flexibility index (Phi) is 5.24. The normalized spacial score (nSPS) is 12.5. The second-order valence-corrected chi connectivity index (χ2v) is 7.30. The highest BCUT2D eigenvalue weighted by atomic mass is 32.1. The van der Waals surface area contributed by atoms with E-state index in [1.54, 1.807) is 11.3 Å². The first-order valence-electron chi connectivity index (χ1n) is 8.34. The molecule has 3 rings (SSSR count). The topological polar surface area (TPSA) is 89.2 Å². The summed E-state index contributed by atoms with van der Waals surface area (Å²) in [5.74, 6) is -0.355. The van der Waals surface area contributed by atoms with E-state index in [1.165, 1.54) is 30.8 Å². The van der Waals surface area contributed by atoms with E-state index in [9.17, 15) is 14.4 Å². The van der Waals surface area contributed by atoms with Gasteiger partial charge in [-0.25, -0.2) is 9.78 Å². The lowest BCUT2D eigenvalue weighted by Gasteiger charge is -2.23. The predicted octanol–water partition coefficient (Wildman–Crippen LogP) is 0.726. The van der Waals surface area contributed by atoms with Crippen molar-refractivity contribution >= 4 is 28.3 Å². The summed E-state index contributed by atoms with van der Waals surface area (Å²) in [6.07, 6.45) is 0. The summed E-state index contributed by atoms with van der Waals surface area (Å²) in [7, 11) is 6.84. The molecule has 1 atom stereocenters. The fourth-order valence-electron chi connectivity index (χ4n) is 2.92. The van der Waals surface area contributed by atoms with Gasteiger partial charge in [0, 0.05) is 20.6 Å². The van der Waals surface area contributed by atoms with Crippen LogP contribution in [0.25, 0.3) is 11.0 Å². The second-order valence-electron chi connectivity index (χ2n) is 6.52. The van der Waals surface area contributed by atoms with Crippen molar-refractivity contribution in [3.63, 3.8) is 0 Å². The molecule has 9 heteroatoms. The van der Waals surface area contributed by atoms with Crippen molar-refractivity contribution in [3.8, 4) is 0 Å². The third-order valence-electron chi connectivity index (χ3n) is 4.54. The van der Waals surface area contributed by atoms with Crippen molar-refractivity contribution in [3.05, 3.63) is 61.1 Å². The molecule has 3 aromatic rings. The summed E-state index contributed by atoms with van der Waals surface area (Å²) in [6.45, 7) is 0.414. The van der Waals surface area contributed by atoms with Gasteiger partial charge in [-0.1, -0.05) is 0 Å². The lowest BCUT2D eigenvalue weighted by molar-refractivity contribution is 0.0937. The standard InChI is InChI=1S/C18H21N5O3S/c1-21(2)14(11-7-8-27-10-11)9-19-16(24)13-6-5-12-15(20-13)22(3)18(26)23(4)17(12)25/h5-8,10,14H,9H2,1-4H3,(H,19,24). The van der Waals surface area contributed by atoms with Crippen LogP contribution in [0.5, 0.6) is 0 Å². The van der Waals surface area contributed by atoms with E-state index in [-0.39, 0.29) is 23.3 Å². The maximum Gasteiger partial charge on any atom is 0.332 e. The molecule has 1 amide bonds. The Morgan fingerprint density at radius 3 is 2.59 bits per heavy atom. The van der Waals surface area contributed by atoms with Gasteiger partial charge in [-0.15, -0.1) is 0 Å². The van der Waals surface area contributed by atoms with Gasteiger partial charge in [-0.3, -0.25) is 18.7 Å². The molecule has 1 N–H and O–H groups in total. The summed E-state index contributed by atoms with van der Waals surface area (Å²) in [4.78, 5) is 43.1. The van der Waals surface area contributed by atoms with Crippen molar-refractivity contribution in [2.75, 3.05) is 20.6 Å². The molecule has 0 aliphatic rings. The highest BCUT2D eigenvalue weighted by Gasteiger charge is 2.18. The molecule has 0 radical (unpaired) electrons. The van der Waals surface area contributed by atoms with E-state index in [4.69, 9.17) is 0 Å². The van der Waals surface area contributed by atoms with Crippen LogP contribution in [-0.2, 0) is 14.1 Å². The van der Waals surface area contributed by atoms with Gasteiger partial charge in [0.25, 0.3) is 11.5 Å². The number of carbonyl (C=O) groups is 1. The van der Waals surface area contributed by atoms with Crippen LogP contribution in [-0.4, -0.2) is 45.6 Å². The lowest BCUT2D eigenvalue weighted by atomic mass is 10.1. The maximum atomic E-state index is 12.6. The van der Waals surface area contributed by atoms with Crippen molar-refractivity contribution in [2.45, 2.75) is 6.04 Å². The van der Waals surface area contributed by atoms with Gasteiger partial charge >= 0.3 is 5.69 Å². The van der Waals surface area contributed by atoms with Gasteiger partial charge in [0.15, 0.2) is 0 Å². The van der Waals surface area contributed by atoms with Gasteiger partial charge in [0.2, 0.25) is 0 Å². The van der Waals surface area contributed by atoms with Gasteiger partial charge in [0.05, 0.1) is 11.4 Å². The second kappa shape index (κ2) is 7.45. The first-order valence-corrected chi connectivity index (χ1v) is 9.29. The summed E-state index contributed by atoms with van der Waals surface area (Å²) in [5.41, 5.74) is 0.564. The molecular weight excluding hydrogens is 366 g/mol. The Hall–Kier alpha value is -2.78. The fraction of sp³-hybridized carbons (Fsp3) is 0.333. The molecule has 0 saturated heterocycles. The maximum absolute atomic E-state index is 12.6. The number of carbonyl (C=O) groups excluding carboxylic acids is 1. The quantitative estimate of drug-likeness (QED) is 0.697. The van der Waals surface area contributed by atoms with E-state index < -0.39 is 11.2 Å². The zero-order chi connectivity index (χ0) is 19.7. The molecular formula is C18H21N5O3S. The molecule has 3 aromatic heterocycles. The fourth-order valence-corrected chi connectivity index (χ4v) is 3.63. The molecule has 0 spiro atoms. The summed E-state index contributed by atoms with van der Waals surface area (Å²) >= 11 is 1.61. The molecule has 3 heterocycles. The largest absolute Gasteiger partial charge is 0.349 e. The molecule has 0 aromatic carbocycles. The Morgan fingerprint density at radius 1 is 1.22 bits per heavy atom. The smallest absolute Gasteiger partial charge is 0.332 e. The third-order valence-corrected chi connectivity index (χ3v) is 5.24. The number of hydrogen-bond acceptors (Lipinski definition) is 6. The minimum Gasteiger partial charge on any atom is -0.349 e. The van der Waals surface area contributed by atoms with Gasteiger partial charge in [-0.2, -0.15) is 11.3 Å². The summed E-state index contributed by atoms with van der Waals surface area (Å²) in [5, 5.41) is 7.23. The molecule has 8 nitrogen and oxygen atoms in total. The minimum absolute atomic E-state index is 0.0392. The highest BCUT2D eigenvalue weighted by Crippen LogP contribution is 2.20. The predicted molar refractivity (Wildman–Crippen MR) is 105 cm³/mol. The van der Waals surface area contributed by atoms with E-state index in [2.05, 4.69) is 15.7 Å². The number of aromatic nitrogens is 3. The van der Waals surface area contributed by atoms with Crippen LogP contribution >= 0.6 is 11.3 Å². The van der Waals surface area contributed by atoms with Crippen molar-refractivity contribution in [1.29, 1.82) is 0 Å². The molecule has 142 valence electrons. The SMILES string of the molecule is CN(C)C(CNC(=O)c1ccc2c(=O)n(C)c(=O)n(C)c2n1)c1ccsc1. The number of likely N-dealkylation sites (N-methyl/N-ethyl adjacent to an activating group) is 1. The number of hydrogen-bond donors (Lipinski definition) is 1. The third kappa shape index (κ3) is 3.56. The Morgan fingerprint density at radius 2 is 1.96 bits per heavy atom. The van der Waals surface area contributed by atoms with Crippen molar-refractivity contribution < 1.29 is 4.79 Å². The molecule has 27 heavy (non-hydrogen) atoms. The average Bonchev–Trinajstić information content (AvgIpc) is 3.18. The minimum atomic E-state index is -0.484. The van der Waals surface area contributed by atoms with Crippen LogP contribution in [0.3, 0.4) is 0 Å². The molecule has 1 unspecified atom stereocenters. The number of thiophene rings is 1. The molecule has 0 aliphatic carbocycles. The first kappa shape index (κ1) is 19.0. The monoisotopic (exact) mass is 387 g/mol. The molecule has 0 aliphatic heterocycles. The van der Waals surface area contributed by atoms with Crippen LogP contribution in [0.1, 0.15) is 22.1 Å². The number of pyridine rings is 1. The van der Waals surface area contributed by atoms with Crippen molar-refractivity contribution in [2.24, 2.45) is 14.1 Å². The summed E-state index contributed by atoms with van der Waals surface area (Å²) < 4.78 is 2.29. The Bertz CT molecular complexity index is 1100. The zero-order valence-electron chi connectivity index (χ0n) is 15.6. The van der Waals surface area contributed by atoms with Crippen LogP contribution in [0.2, 0.25) is 0 Å². The number of amides is 1. The van der Waals surface area contributed by atoms with Gasteiger partial charge in [0.1, 0.15) is 11.3 Å². The van der Waals surface area contributed by atoms with Crippen LogP contribution in [0.4, 0.5) is 0 Å². The molecule has 0 saturated carbocycles. The molecule has 0 fully saturated rings. The zero-order valence-corrected chi connectivity index (χ0v) is 16.4. The van der Waals surface area contributed by atoms with Crippen molar-refractivity contribution in [1.82, 2.24) is 24.3 Å². The van der Waals surface area contributed by atoms with Gasteiger partial charge < -0.3 is 10.2 Å². The van der Waals surface area contributed by atoms with E-state index in [0.29, 0.717) is 11.9 Å². The highest BCUT2D eigenvalue weighted by molar-refractivity contribution is 7.07. The Balaban J connectivity index is 1.88. The van der Waals surface area contributed by atoms with Crippen LogP contribution < -0.4 is 16.6 Å². The number of rotatable bonds is 5. The van der Waals surface area contributed by atoms with Crippen LogP contribution in [0.15, 0.2) is 38.5 Å². The van der Waals surface area contributed by atoms with Gasteiger partial charge in [-0.05, 0) is 48.6 Å². The average molecular weight is 387 g/mol. The van der Waals surface area contributed by atoms with E-state index in [0.717, 1.165) is 10.1 Å². The summed E-state index contributed by atoms with van der Waals surface area (Å²) in [6, 6.07) is 5.10.